The molecule has 2 N–H and O–H groups in total. The van der Waals surface area contributed by atoms with Gasteiger partial charge in [-0.05, 0) is 36.1 Å². The van der Waals surface area contributed by atoms with Crippen LogP contribution in [0.2, 0.25) is 0 Å². The van der Waals surface area contributed by atoms with Gasteiger partial charge in [0.15, 0.2) is 5.69 Å². The number of aromatic carboxylic acids is 1. The smallest absolute Gasteiger partial charge is 0.357 e. The van der Waals surface area contributed by atoms with E-state index >= 15 is 0 Å². The number of rotatable bonds is 3. The van der Waals surface area contributed by atoms with E-state index in [9.17, 15) is 18.7 Å². The van der Waals surface area contributed by atoms with Crippen LogP contribution in [0, 0.1) is 11.6 Å². The van der Waals surface area contributed by atoms with Crippen LogP contribution in [0.5, 0.6) is 0 Å². The van der Waals surface area contributed by atoms with Crippen LogP contribution in [-0.2, 0) is 19.4 Å². The van der Waals surface area contributed by atoms with Crippen molar-refractivity contribution in [3.63, 3.8) is 0 Å². The average Bonchev–Trinajstić information content (AvgIpc) is 3.10. The number of aromatic nitrogens is 4. The normalized spacial score (nSPS) is 12.8. The lowest BCUT2D eigenvalue weighted by molar-refractivity contribution is 0.0690. The highest BCUT2D eigenvalue weighted by molar-refractivity contribution is 5.95. The van der Waals surface area contributed by atoms with Gasteiger partial charge in [-0.2, -0.15) is 10.2 Å². The molecule has 24 heavy (non-hydrogen) atoms. The van der Waals surface area contributed by atoms with E-state index in [0.29, 0.717) is 35.4 Å². The van der Waals surface area contributed by atoms with Crippen LogP contribution in [0.25, 0.3) is 11.3 Å². The number of aromatic amines is 1. The van der Waals surface area contributed by atoms with E-state index in [4.69, 9.17) is 0 Å². The Kier molecular flexibility index (Phi) is 3.19. The van der Waals surface area contributed by atoms with Gasteiger partial charge in [0.1, 0.15) is 11.6 Å². The Balaban J connectivity index is 1.83. The van der Waals surface area contributed by atoms with Crippen molar-refractivity contribution in [1.82, 2.24) is 20.0 Å². The van der Waals surface area contributed by atoms with Crippen molar-refractivity contribution in [3.05, 3.63) is 58.5 Å². The maximum atomic E-state index is 13.4. The molecule has 122 valence electrons. The molecule has 0 saturated heterocycles. The SMILES string of the molecule is O=C(O)c1nn(Cc2cc(F)cc(F)c2)c2c1-c1[nH]ncc1CC2. The van der Waals surface area contributed by atoms with Gasteiger partial charge in [0, 0.05) is 11.8 Å². The quantitative estimate of drug-likeness (QED) is 0.772. The van der Waals surface area contributed by atoms with E-state index < -0.39 is 17.6 Å². The van der Waals surface area contributed by atoms with Crippen LogP contribution in [0.15, 0.2) is 24.4 Å². The molecule has 6 nitrogen and oxygen atoms in total. The number of fused-ring (bicyclic) bond motifs is 3. The van der Waals surface area contributed by atoms with Crippen molar-refractivity contribution >= 4 is 5.97 Å². The summed E-state index contributed by atoms with van der Waals surface area (Å²) in [6, 6.07) is 3.21. The first-order valence-electron chi connectivity index (χ1n) is 7.33. The van der Waals surface area contributed by atoms with Crippen molar-refractivity contribution < 1.29 is 18.7 Å². The van der Waals surface area contributed by atoms with Crippen molar-refractivity contribution in [3.8, 4) is 11.3 Å². The maximum absolute atomic E-state index is 13.4. The molecular weight excluding hydrogens is 318 g/mol. The van der Waals surface area contributed by atoms with Crippen LogP contribution in [0.4, 0.5) is 8.78 Å². The zero-order valence-electron chi connectivity index (χ0n) is 12.4. The molecule has 0 bridgehead atoms. The first-order chi connectivity index (χ1) is 11.5. The van der Waals surface area contributed by atoms with Crippen LogP contribution >= 0.6 is 0 Å². The Bertz CT molecular complexity index is 941. The minimum absolute atomic E-state index is 0.0907. The van der Waals surface area contributed by atoms with Gasteiger partial charge in [0.05, 0.1) is 24.0 Å². The molecule has 0 saturated carbocycles. The van der Waals surface area contributed by atoms with Gasteiger partial charge in [-0.15, -0.1) is 0 Å². The molecule has 4 rings (SSSR count). The molecule has 1 aliphatic rings. The number of hydrogen-bond donors (Lipinski definition) is 2. The third kappa shape index (κ3) is 2.27. The Hall–Kier alpha value is -3.03. The van der Waals surface area contributed by atoms with Crippen molar-refractivity contribution in [2.75, 3.05) is 0 Å². The summed E-state index contributed by atoms with van der Waals surface area (Å²) in [5.74, 6) is -2.52. The molecule has 1 aromatic carbocycles. The highest BCUT2D eigenvalue weighted by Gasteiger charge is 2.29. The summed E-state index contributed by atoms with van der Waals surface area (Å²) in [5.41, 5.74) is 3.08. The van der Waals surface area contributed by atoms with E-state index in [1.165, 1.54) is 16.8 Å². The predicted octanol–water partition coefficient (Wildman–Crippen LogP) is 2.40. The second kappa shape index (κ2) is 5.26. The van der Waals surface area contributed by atoms with Crippen LogP contribution in [0.3, 0.4) is 0 Å². The highest BCUT2D eigenvalue weighted by Crippen LogP contribution is 2.34. The first kappa shape index (κ1) is 14.6. The van der Waals surface area contributed by atoms with Gasteiger partial charge < -0.3 is 5.11 Å². The standard InChI is InChI=1S/C16H12F2N4O2/c17-10-3-8(4-11(18)5-10)7-22-12-2-1-9-6-19-20-14(9)13(12)15(21-22)16(23)24/h3-6H,1-2,7H2,(H,19,20)(H,23,24). The lowest BCUT2D eigenvalue weighted by Gasteiger charge is -2.14. The van der Waals surface area contributed by atoms with Crippen LogP contribution in [0.1, 0.15) is 27.3 Å². The molecule has 0 radical (unpaired) electrons. The van der Waals surface area contributed by atoms with Gasteiger partial charge in [-0.25, -0.2) is 13.6 Å². The Morgan fingerprint density at radius 3 is 2.71 bits per heavy atom. The maximum Gasteiger partial charge on any atom is 0.357 e. The largest absolute Gasteiger partial charge is 0.476 e. The molecule has 0 unspecified atom stereocenters. The topological polar surface area (TPSA) is 83.8 Å². The number of carboxylic acids is 1. The molecule has 0 spiro atoms. The number of hydrogen-bond acceptors (Lipinski definition) is 3. The van der Waals surface area contributed by atoms with Gasteiger partial charge >= 0.3 is 5.97 Å². The molecule has 8 heteroatoms. The number of nitrogens with one attached hydrogen (secondary N) is 1. The summed E-state index contributed by atoms with van der Waals surface area (Å²) in [6.45, 7) is 0.0910. The molecule has 0 aliphatic heterocycles. The second-order valence-electron chi connectivity index (χ2n) is 5.68. The Morgan fingerprint density at radius 1 is 1.25 bits per heavy atom. The van der Waals surface area contributed by atoms with E-state index in [2.05, 4.69) is 15.3 Å². The number of carboxylic acid groups (broad SMARTS) is 1. The van der Waals surface area contributed by atoms with Crippen LogP contribution in [-0.4, -0.2) is 31.1 Å². The third-order valence-corrected chi connectivity index (χ3v) is 4.11. The second-order valence-corrected chi connectivity index (χ2v) is 5.68. The van der Waals surface area contributed by atoms with Crippen molar-refractivity contribution in [1.29, 1.82) is 0 Å². The minimum Gasteiger partial charge on any atom is -0.476 e. The molecule has 0 amide bonds. The van der Waals surface area contributed by atoms with Gasteiger partial charge in [0.2, 0.25) is 0 Å². The van der Waals surface area contributed by atoms with E-state index in [1.807, 2.05) is 0 Å². The monoisotopic (exact) mass is 330 g/mol. The molecule has 2 aromatic heterocycles. The van der Waals surface area contributed by atoms with Crippen molar-refractivity contribution in [2.45, 2.75) is 19.4 Å². The summed E-state index contributed by atoms with van der Waals surface area (Å²) in [7, 11) is 0. The number of H-pyrrole nitrogens is 1. The van der Waals surface area contributed by atoms with Crippen LogP contribution < -0.4 is 0 Å². The molecule has 0 fully saturated rings. The zero-order valence-corrected chi connectivity index (χ0v) is 12.4. The lowest BCUT2D eigenvalue weighted by atomic mass is 9.94. The van der Waals surface area contributed by atoms with E-state index in [1.54, 1.807) is 6.20 Å². The summed E-state index contributed by atoms with van der Waals surface area (Å²) in [5, 5.41) is 20.4. The van der Waals surface area contributed by atoms with Gasteiger partial charge in [0.25, 0.3) is 0 Å². The van der Waals surface area contributed by atoms with Crippen molar-refractivity contribution in [2.24, 2.45) is 0 Å². The highest BCUT2D eigenvalue weighted by atomic mass is 19.1. The number of carbonyl (C=O) groups is 1. The summed E-state index contributed by atoms with van der Waals surface area (Å²) in [4.78, 5) is 11.5. The zero-order chi connectivity index (χ0) is 16.8. The molecule has 0 atom stereocenters. The Morgan fingerprint density at radius 2 is 2.00 bits per heavy atom. The van der Waals surface area contributed by atoms with Gasteiger partial charge in [-0.1, -0.05) is 0 Å². The number of benzene rings is 1. The predicted molar refractivity (Wildman–Crippen MR) is 79.6 cm³/mol. The first-order valence-corrected chi connectivity index (χ1v) is 7.33. The fraction of sp³-hybridized carbons (Fsp3) is 0.188. The Labute approximate surface area is 134 Å². The number of halogens is 2. The van der Waals surface area contributed by atoms with E-state index in [-0.39, 0.29) is 12.2 Å². The summed E-state index contributed by atoms with van der Waals surface area (Å²) in [6.07, 6.45) is 2.95. The fourth-order valence-electron chi connectivity index (χ4n) is 3.14. The molecule has 1 aliphatic carbocycles. The summed E-state index contributed by atoms with van der Waals surface area (Å²) >= 11 is 0. The average molecular weight is 330 g/mol. The molecule has 2 heterocycles. The van der Waals surface area contributed by atoms with E-state index in [0.717, 1.165) is 11.6 Å². The molecule has 3 aromatic rings. The molecular formula is C16H12F2N4O2. The fourth-order valence-corrected chi connectivity index (χ4v) is 3.14. The summed E-state index contributed by atoms with van der Waals surface area (Å²) < 4.78 is 28.3. The number of aryl methyl sites for hydroxylation is 1. The third-order valence-electron chi connectivity index (χ3n) is 4.11. The van der Waals surface area contributed by atoms with Gasteiger partial charge in [-0.3, -0.25) is 9.78 Å². The lowest BCUT2D eigenvalue weighted by Crippen LogP contribution is -2.11. The number of nitrogens with zero attached hydrogens (tertiary/aromatic N) is 3. The minimum atomic E-state index is -1.15.